The molecule has 0 bridgehead atoms. The normalized spacial score (nSPS) is 39.2. The smallest absolute Gasteiger partial charge is 0.335 e. The maximum absolute atomic E-state index is 11.7. The number of carbonyl (C=O) groups is 2. The van der Waals surface area contributed by atoms with Gasteiger partial charge >= 0.3 is 5.97 Å². The molecule has 15 heavy (non-hydrogen) atoms. The Morgan fingerprint density at radius 3 is 3.13 bits per heavy atom. The summed E-state index contributed by atoms with van der Waals surface area (Å²) in [5.74, 6) is -0.107. The summed E-state index contributed by atoms with van der Waals surface area (Å²) in [7, 11) is 0. The molecule has 0 aromatic heterocycles. The second-order valence-corrected chi connectivity index (χ2v) is 4.43. The first kappa shape index (κ1) is 9.09. The molecule has 1 saturated carbocycles. The monoisotopic (exact) mass is 207 g/mol. The zero-order chi connectivity index (χ0) is 10.4. The van der Waals surface area contributed by atoms with Crippen LogP contribution in [0.3, 0.4) is 0 Å². The number of rotatable bonds is 0. The molecule has 3 rings (SSSR count). The lowest BCUT2D eigenvalue weighted by molar-refractivity contribution is -0.135. The minimum atomic E-state index is -0.260. The Hall–Kier alpha value is -1.16. The molecule has 2 aliphatic heterocycles. The fraction of sp³-hybridized carbons (Fsp3) is 0.636. The van der Waals surface area contributed by atoms with Crippen molar-refractivity contribution in [3.05, 3.63) is 11.6 Å². The van der Waals surface area contributed by atoms with Crippen LogP contribution in [0, 0.1) is 5.92 Å². The number of cyclic esters (lactones) is 1. The van der Waals surface area contributed by atoms with E-state index >= 15 is 0 Å². The van der Waals surface area contributed by atoms with Crippen LogP contribution in [0.25, 0.3) is 0 Å². The summed E-state index contributed by atoms with van der Waals surface area (Å²) in [4.78, 5) is 23.0. The fourth-order valence-electron chi connectivity index (χ4n) is 2.71. The highest BCUT2D eigenvalue weighted by Crippen LogP contribution is 2.31. The van der Waals surface area contributed by atoms with Crippen LogP contribution in [-0.2, 0) is 14.3 Å². The Morgan fingerprint density at radius 2 is 2.27 bits per heavy atom. The average Bonchev–Trinajstić information content (AvgIpc) is 2.59. The maximum atomic E-state index is 11.7. The molecule has 3 aliphatic rings. The van der Waals surface area contributed by atoms with Crippen molar-refractivity contribution >= 4 is 11.8 Å². The predicted octanol–water partition coefficient (Wildman–Crippen LogP) is 0.179. The van der Waals surface area contributed by atoms with Crippen LogP contribution in [-0.4, -0.2) is 30.4 Å². The first-order chi connectivity index (χ1) is 7.25. The lowest BCUT2D eigenvalue weighted by Crippen LogP contribution is -2.51. The minimum absolute atomic E-state index is 0.0182. The minimum Gasteiger partial charge on any atom is -0.460 e. The Morgan fingerprint density at radius 1 is 1.40 bits per heavy atom. The van der Waals surface area contributed by atoms with Crippen LogP contribution >= 0.6 is 0 Å². The van der Waals surface area contributed by atoms with Crippen LogP contribution in [0.15, 0.2) is 11.6 Å². The third kappa shape index (κ3) is 1.32. The standard InChI is InChI=1S/C11H13NO3/c13-10-3-1-2-8-6(10)4-7-9(12-8)5-15-11(7)14/h4,6,8-9,12H,1-3,5H2. The van der Waals surface area contributed by atoms with Gasteiger partial charge in [-0.15, -0.1) is 0 Å². The summed E-state index contributed by atoms with van der Waals surface area (Å²) < 4.78 is 4.96. The lowest BCUT2D eigenvalue weighted by atomic mass is 9.79. The highest BCUT2D eigenvalue weighted by Gasteiger charge is 2.42. The van der Waals surface area contributed by atoms with E-state index in [9.17, 15) is 9.59 Å². The van der Waals surface area contributed by atoms with Crippen molar-refractivity contribution in [3.63, 3.8) is 0 Å². The van der Waals surface area contributed by atoms with Crippen LogP contribution in [0.4, 0.5) is 0 Å². The van der Waals surface area contributed by atoms with Gasteiger partial charge in [0.2, 0.25) is 0 Å². The maximum Gasteiger partial charge on any atom is 0.335 e. The Bertz CT molecular complexity index is 361. The van der Waals surface area contributed by atoms with E-state index < -0.39 is 0 Å². The van der Waals surface area contributed by atoms with Crippen molar-refractivity contribution in [1.29, 1.82) is 0 Å². The average molecular weight is 207 g/mol. The van der Waals surface area contributed by atoms with Gasteiger partial charge < -0.3 is 10.1 Å². The molecule has 4 heteroatoms. The number of carbonyl (C=O) groups excluding carboxylic acids is 2. The topological polar surface area (TPSA) is 55.4 Å². The summed E-state index contributed by atoms with van der Waals surface area (Å²) >= 11 is 0. The summed E-state index contributed by atoms with van der Waals surface area (Å²) in [5.41, 5.74) is 0.659. The first-order valence-corrected chi connectivity index (χ1v) is 5.43. The molecule has 1 saturated heterocycles. The van der Waals surface area contributed by atoms with Gasteiger partial charge in [0.1, 0.15) is 12.4 Å². The zero-order valence-electron chi connectivity index (χ0n) is 8.36. The summed E-state index contributed by atoms with van der Waals surface area (Å²) in [6.45, 7) is 0.419. The Labute approximate surface area is 87.7 Å². The summed E-state index contributed by atoms with van der Waals surface area (Å²) in [5, 5.41) is 3.34. The number of hydrogen-bond acceptors (Lipinski definition) is 4. The molecular weight excluding hydrogens is 194 g/mol. The second-order valence-electron chi connectivity index (χ2n) is 4.43. The van der Waals surface area contributed by atoms with Crippen LogP contribution in [0.1, 0.15) is 19.3 Å². The van der Waals surface area contributed by atoms with Gasteiger partial charge in [0.15, 0.2) is 0 Å². The molecule has 1 N–H and O–H groups in total. The van der Waals surface area contributed by atoms with Gasteiger partial charge in [0.05, 0.1) is 17.5 Å². The molecule has 80 valence electrons. The van der Waals surface area contributed by atoms with Crippen molar-refractivity contribution < 1.29 is 14.3 Å². The number of esters is 1. The lowest BCUT2D eigenvalue weighted by Gasteiger charge is -2.35. The predicted molar refractivity (Wildman–Crippen MR) is 52.1 cm³/mol. The van der Waals surface area contributed by atoms with Crippen molar-refractivity contribution in [2.45, 2.75) is 31.3 Å². The molecule has 3 atom stereocenters. The van der Waals surface area contributed by atoms with E-state index in [2.05, 4.69) is 5.32 Å². The molecule has 0 radical (unpaired) electrons. The van der Waals surface area contributed by atoms with E-state index in [1.807, 2.05) is 6.08 Å². The van der Waals surface area contributed by atoms with Gasteiger partial charge in [0.25, 0.3) is 0 Å². The van der Waals surface area contributed by atoms with E-state index in [1.165, 1.54) is 0 Å². The summed E-state index contributed by atoms with van der Waals surface area (Å²) in [6.07, 6.45) is 4.46. The number of fused-ring (bicyclic) bond motifs is 2. The third-order valence-electron chi connectivity index (χ3n) is 3.51. The van der Waals surface area contributed by atoms with Gasteiger partial charge in [-0.2, -0.15) is 0 Å². The molecule has 3 unspecified atom stereocenters. The van der Waals surface area contributed by atoms with Crippen LogP contribution in [0.5, 0.6) is 0 Å². The highest BCUT2D eigenvalue weighted by atomic mass is 16.5. The van der Waals surface area contributed by atoms with E-state index in [0.29, 0.717) is 18.6 Å². The van der Waals surface area contributed by atoms with E-state index in [4.69, 9.17) is 4.74 Å². The Balaban J connectivity index is 1.95. The van der Waals surface area contributed by atoms with E-state index in [-0.39, 0.29) is 29.8 Å². The van der Waals surface area contributed by atoms with E-state index in [1.54, 1.807) is 0 Å². The molecule has 1 aliphatic carbocycles. The fourth-order valence-corrected chi connectivity index (χ4v) is 2.71. The van der Waals surface area contributed by atoms with Crippen molar-refractivity contribution in [2.75, 3.05) is 6.61 Å². The SMILES string of the molecule is O=C1OCC2NC3CCCC(=O)C3C=C12. The molecule has 0 spiro atoms. The number of Topliss-reactive ketones (excluding diaryl/α,β-unsaturated/α-hetero) is 1. The number of hydrogen-bond donors (Lipinski definition) is 1. The summed E-state index contributed by atoms with van der Waals surface area (Å²) in [6, 6.07) is 0.235. The molecule has 2 heterocycles. The van der Waals surface area contributed by atoms with Crippen molar-refractivity contribution in [2.24, 2.45) is 5.92 Å². The Kier molecular flexibility index (Phi) is 1.92. The number of nitrogens with one attached hydrogen (secondary N) is 1. The van der Waals surface area contributed by atoms with Gasteiger partial charge in [0, 0.05) is 12.5 Å². The van der Waals surface area contributed by atoms with E-state index in [0.717, 1.165) is 12.8 Å². The molecule has 0 aromatic carbocycles. The first-order valence-electron chi connectivity index (χ1n) is 5.43. The number of ether oxygens (including phenoxy) is 1. The van der Waals surface area contributed by atoms with Gasteiger partial charge in [-0.05, 0) is 12.8 Å². The number of ketones is 1. The van der Waals surface area contributed by atoms with Gasteiger partial charge in [-0.25, -0.2) is 4.79 Å². The molecular formula is C11H13NO3. The third-order valence-corrected chi connectivity index (χ3v) is 3.51. The quantitative estimate of drug-likeness (QED) is 0.576. The van der Waals surface area contributed by atoms with Crippen LogP contribution in [0.2, 0.25) is 0 Å². The molecule has 0 amide bonds. The molecule has 0 aromatic rings. The molecule has 2 fully saturated rings. The second kappa shape index (κ2) is 3.17. The van der Waals surface area contributed by atoms with Crippen molar-refractivity contribution in [1.82, 2.24) is 5.32 Å². The van der Waals surface area contributed by atoms with Crippen LogP contribution < -0.4 is 5.32 Å². The largest absolute Gasteiger partial charge is 0.460 e. The van der Waals surface area contributed by atoms with Gasteiger partial charge in [-0.3, -0.25) is 4.79 Å². The zero-order valence-corrected chi connectivity index (χ0v) is 8.36. The van der Waals surface area contributed by atoms with Gasteiger partial charge in [-0.1, -0.05) is 6.08 Å². The van der Waals surface area contributed by atoms with Crippen molar-refractivity contribution in [3.8, 4) is 0 Å². The highest BCUT2D eigenvalue weighted by molar-refractivity contribution is 5.94. The molecule has 4 nitrogen and oxygen atoms in total.